The van der Waals surface area contributed by atoms with Crippen molar-refractivity contribution in [2.45, 2.75) is 13.3 Å². The lowest BCUT2D eigenvalue weighted by atomic mass is 10.1. The van der Waals surface area contributed by atoms with Gasteiger partial charge in [0.25, 0.3) is 5.91 Å². The maximum absolute atomic E-state index is 12.7. The number of hydrogen-bond donors (Lipinski definition) is 1. The Bertz CT molecular complexity index is 697. The normalized spacial score (nSPS) is 13.4. The summed E-state index contributed by atoms with van der Waals surface area (Å²) in [5, 5.41) is 0.669. The third kappa shape index (κ3) is 2.04. The van der Waals surface area contributed by atoms with Crippen LogP contribution in [0.15, 0.2) is 36.4 Å². The fraction of sp³-hybridized carbons (Fsp3) is 0.188. The molecule has 0 aliphatic carbocycles. The van der Waals surface area contributed by atoms with Gasteiger partial charge in [-0.05, 0) is 48.7 Å². The molecule has 3 rings (SSSR count). The number of amides is 1. The predicted octanol–water partition coefficient (Wildman–Crippen LogP) is 3.43. The second-order valence-corrected chi connectivity index (χ2v) is 5.43. The summed E-state index contributed by atoms with van der Waals surface area (Å²) in [6, 6.07) is 11.1. The van der Waals surface area contributed by atoms with Crippen LogP contribution in [0.5, 0.6) is 0 Å². The van der Waals surface area contributed by atoms with Crippen LogP contribution in [0.3, 0.4) is 0 Å². The van der Waals surface area contributed by atoms with Gasteiger partial charge in [0.05, 0.1) is 11.4 Å². The van der Waals surface area contributed by atoms with Gasteiger partial charge in [0.15, 0.2) is 0 Å². The van der Waals surface area contributed by atoms with Crippen molar-refractivity contribution in [1.29, 1.82) is 0 Å². The first-order valence-electron chi connectivity index (χ1n) is 6.53. The molecule has 102 valence electrons. The number of para-hydroxylation sites is 1. The first kappa shape index (κ1) is 13.0. The second-order valence-electron chi connectivity index (χ2n) is 5.03. The van der Waals surface area contributed by atoms with Crippen molar-refractivity contribution in [2.75, 3.05) is 17.2 Å². The fourth-order valence-electron chi connectivity index (χ4n) is 2.62. The van der Waals surface area contributed by atoms with Gasteiger partial charge in [0, 0.05) is 17.1 Å². The van der Waals surface area contributed by atoms with E-state index in [1.807, 2.05) is 31.2 Å². The molecule has 0 bridgehead atoms. The Kier molecular flexibility index (Phi) is 3.14. The molecular weight excluding hydrogens is 272 g/mol. The van der Waals surface area contributed by atoms with E-state index < -0.39 is 0 Å². The number of carbonyl (C=O) groups excluding carboxylic acids is 1. The number of anilines is 2. The summed E-state index contributed by atoms with van der Waals surface area (Å²) < 4.78 is 0. The summed E-state index contributed by atoms with van der Waals surface area (Å²) in [5.74, 6) is -0.0265. The Labute approximate surface area is 123 Å². The smallest absolute Gasteiger partial charge is 0.258 e. The number of nitrogens with zero attached hydrogens (tertiary/aromatic N) is 1. The lowest BCUT2D eigenvalue weighted by molar-refractivity contribution is 0.0989. The number of halogens is 1. The molecule has 0 saturated heterocycles. The Hall–Kier alpha value is -2.00. The summed E-state index contributed by atoms with van der Waals surface area (Å²) in [6.45, 7) is 2.56. The molecule has 0 atom stereocenters. The van der Waals surface area contributed by atoms with E-state index in [0.29, 0.717) is 22.8 Å². The molecule has 0 fully saturated rings. The quantitative estimate of drug-likeness (QED) is 0.816. The average Bonchev–Trinajstić information content (AvgIpc) is 2.86. The molecule has 0 unspecified atom stereocenters. The monoisotopic (exact) mass is 286 g/mol. The Morgan fingerprint density at radius 2 is 2.10 bits per heavy atom. The van der Waals surface area contributed by atoms with Crippen LogP contribution in [-0.4, -0.2) is 12.5 Å². The molecule has 1 aliphatic heterocycles. The molecule has 0 aromatic heterocycles. The molecule has 0 saturated carbocycles. The van der Waals surface area contributed by atoms with Gasteiger partial charge in [-0.3, -0.25) is 4.79 Å². The zero-order chi connectivity index (χ0) is 14.3. The molecule has 2 N–H and O–H groups in total. The summed E-state index contributed by atoms with van der Waals surface area (Å²) >= 11 is 6.01. The van der Waals surface area contributed by atoms with Crippen molar-refractivity contribution in [3.8, 4) is 0 Å². The maximum atomic E-state index is 12.7. The van der Waals surface area contributed by atoms with Crippen molar-refractivity contribution in [3.63, 3.8) is 0 Å². The SMILES string of the molecule is Cc1cc(C(=O)N2CCc3cccc(N)c32)ccc1Cl. The fourth-order valence-corrected chi connectivity index (χ4v) is 2.74. The van der Waals surface area contributed by atoms with Gasteiger partial charge in [-0.15, -0.1) is 0 Å². The van der Waals surface area contributed by atoms with Gasteiger partial charge in [-0.1, -0.05) is 23.7 Å². The lowest BCUT2D eigenvalue weighted by Crippen LogP contribution is -2.29. The molecule has 3 nitrogen and oxygen atoms in total. The van der Waals surface area contributed by atoms with Gasteiger partial charge in [0.1, 0.15) is 0 Å². The average molecular weight is 287 g/mol. The van der Waals surface area contributed by atoms with Gasteiger partial charge in [-0.2, -0.15) is 0 Å². The highest BCUT2D eigenvalue weighted by molar-refractivity contribution is 6.31. The van der Waals surface area contributed by atoms with Crippen molar-refractivity contribution in [2.24, 2.45) is 0 Å². The summed E-state index contributed by atoms with van der Waals surface area (Å²) in [4.78, 5) is 14.4. The standard InChI is InChI=1S/C16H15ClN2O/c1-10-9-12(5-6-13(10)17)16(20)19-8-7-11-3-2-4-14(18)15(11)19/h2-6,9H,7-8,18H2,1H3. The van der Waals surface area contributed by atoms with Gasteiger partial charge in [0.2, 0.25) is 0 Å². The van der Waals surface area contributed by atoms with E-state index in [0.717, 1.165) is 23.2 Å². The molecule has 1 aliphatic rings. The Morgan fingerprint density at radius 1 is 1.30 bits per heavy atom. The van der Waals surface area contributed by atoms with Gasteiger partial charge in [-0.25, -0.2) is 0 Å². The maximum Gasteiger partial charge on any atom is 0.258 e. The number of carbonyl (C=O) groups is 1. The minimum atomic E-state index is -0.0265. The molecule has 20 heavy (non-hydrogen) atoms. The van der Waals surface area contributed by atoms with E-state index in [1.54, 1.807) is 17.0 Å². The summed E-state index contributed by atoms with van der Waals surface area (Å²) in [5.41, 5.74) is 10.2. The van der Waals surface area contributed by atoms with E-state index >= 15 is 0 Å². The summed E-state index contributed by atoms with van der Waals surface area (Å²) in [6.07, 6.45) is 0.846. The first-order valence-corrected chi connectivity index (χ1v) is 6.91. The summed E-state index contributed by atoms with van der Waals surface area (Å²) in [7, 11) is 0. The van der Waals surface area contributed by atoms with Crippen molar-refractivity contribution in [3.05, 3.63) is 58.1 Å². The van der Waals surface area contributed by atoms with Crippen molar-refractivity contribution >= 4 is 28.9 Å². The number of hydrogen-bond acceptors (Lipinski definition) is 2. The third-order valence-electron chi connectivity index (χ3n) is 3.68. The number of nitrogens with two attached hydrogens (primary N) is 1. The Morgan fingerprint density at radius 3 is 2.85 bits per heavy atom. The first-order chi connectivity index (χ1) is 9.58. The highest BCUT2D eigenvalue weighted by atomic mass is 35.5. The van der Waals surface area contributed by atoms with Crippen LogP contribution in [0.4, 0.5) is 11.4 Å². The van der Waals surface area contributed by atoms with E-state index in [4.69, 9.17) is 17.3 Å². The largest absolute Gasteiger partial charge is 0.397 e. The van der Waals surface area contributed by atoms with Crippen molar-refractivity contribution in [1.82, 2.24) is 0 Å². The number of aryl methyl sites for hydroxylation is 1. The number of fused-ring (bicyclic) bond motifs is 1. The minimum Gasteiger partial charge on any atom is -0.397 e. The van der Waals surface area contributed by atoms with E-state index in [9.17, 15) is 4.79 Å². The zero-order valence-electron chi connectivity index (χ0n) is 11.2. The van der Waals surface area contributed by atoms with E-state index in [1.165, 1.54) is 0 Å². The van der Waals surface area contributed by atoms with Crippen LogP contribution in [0.1, 0.15) is 21.5 Å². The van der Waals surface area contributed by atoms with E-state index in [2.05, 4.69) is 0 Å². The molecule has 2 aromatic rings. The second kappa shape index (κ2) is 4.84. The molecular formula is C16H15ClN2O. The van der Waals surface area contributed by atoms with Crippen LogP contribution in [0, 0.1) is 6.92 Å². The number of rotatable bonds is 1. The van der Waals surface area contributed by atoms with Crippen LogP contribution in [0.25, 0.3) is 0 Å². The molecule has 4 heteroatoms. The van der Waals surface area contributed by atoms with Crippen molar-refractivity contribution < 1.29 is 4.79 Å². The van der Waals surface area contributed by atoms with Crippen LogP contribution < -0.4 is 10.6 Å². The zero-order valence-corrected chi connectivity index (χ0v) is 11.9. The predicted molar refractivity (Wildman–Crippen MR) is 82.4 cm³/mol. The van der Waals surface area contributed by atoms with Gasteiger partial charge >= 0.3 is 0 Å². The van der Waals surface area contributed by atoms with Crippen LogP contribution in [-0.2, 0) is 6.42 Å². The molecule has 0 radical (unpaired) electrons. The van der Waals surface area contributed by atoms with Gasteiger partial charge < -0.3 is 10.6 Å². The van der Waals surface area contributed by atoms with Crippen LogP contribution in [0.2, 0.25) is 5.02 Å². The molecule has 0 spiro atoms. The van der Waals surface area contributed by atoms with E-state index in [-0.39, 0.29) is 5.91 Å². The molecule has 1 amide bonds. The highest BCUT2D eigenvalue weighted by Gasteiger charge is 2.27. The highest BCUT2D eigenvalue weighted by Crippen LogP contribution is 2.34. The molecule has 2 aromatic carbocycles. The topological polar surface area (TPSA) is 46.3 Å². The molecule has 1 heterocycles. The Balaban J connectivity index is 1.99. The number of nitrogen functional groups attached to an aromatic ring is 1. The lowest BCUT2D eigenvalue weighted by Gasteiger charge is -2.19. The minimum absolute atomic E-state index is 0.0265. The number of benzene rings is 2. The van der Waals surface area contributed by atoms with Crippen LogP contribution >= 0.6 is 11.6 Å². The third-order valence-corrected chi connectivity index (χ3v) is 4.10.